The molecule has 0 aliphatic heterocycles. The van der Waals surface area contributed by atoms with E-state index in [1.807, 2.05) is 71.0 Å². The number of aromatic nitrogens is 2. The van der Waals surface area contributed by atoms with E-state index < -0.39 is 7.81 Å². The number of nitrogens with zero attached hydrogens (tertiary/aromatic N) is 3. The minimum atomic E-state index is -10.7. The third-order valence-corrected chi connectivity index (χ3v) is 2.44. The van der Waals surface area contributed by atoms with Gasteiger partial charge in [0.05, 0.1) is 0 Å². The molecule has 125 valence electrons. The Labute approximate surface area is 128 Å². The first-order valence-corrected chi connectivity index (χ1v) is 8.18. The van der Waals surface area contributed by atoms with Crippen LogP contribution < -0.4 is 8.96 Å². The molecule has 0 bridgehead atoms. The fourth-order valence-corrected chi connectivity index (χ4v) is 1.54. The summed E-state index contributed by atoms with van der Waals surface area (Å²) in [5.41, 5.74) is 1.19. The van der Waals surface area contributed by atoms with E-state index in [-0.39, 0.29) is 6.98 Å². The number of pyridine rings is 2. The van der Waals surface area contributed by atoms with E-state index in [1.54, 1.807) is 0 Å². The minimum absolute atomic E-state index is 0.332. The monoisotopic (exact) mass is 354 g/mol. The molecule has 0 saturated heterocycles. The quantitative estimate of drug-likeness (QED) is 0.457. The molecule has 0 unspecified atom stereocenters. The van der Waals surface area contributed by atoms with E-state index >= 15 is 0 Å². The number of aryl methyl sites for hydroxylation is 1. The van der Waals surface area contributed by atoms with E-state index in [4.69, 9.17) is 0 Å². The first-order chi connectivity index (χ1) is 10.3. The summed E-state index contributed by atoms with van der Waals surface area (Å²) in [4.78, 5) is 0. The topological polar surface area (TPSA) is 31.5 Å². The van der Waals surface area contributed by atoms with Gasteiger partial charge < -0.3 is 8.96 Å². The molecule has 0 amide bonds. The van der Waals surface area contributed by atoms with Gasteiger partial charge in [0.1, 0.15) is 24.8 Å². The molecule has 0 aromatic carbocycles. The number of hydrogen-bond acceptors (Lipinski definition) is 1. The van der Waals surface area contributed by atoms with Gasteiger partial charge in [0, 0.05) is 12.1 Å². The summed E-state index contributed by atoms with van der Waals surface area (Å²) in [7, 11) is -10.7. The molecule has 0 aliphatic carbocycles. The molecule has 2 heterocycles. The van der Waals surface area contributed by atoms with E-state index in [9.17, 15) is 30.4 Å². The van der Waals surface area contributed by atoms with Crippen LogP contribution >= 0.6 is 7.81 Å². The molecule has 2 aromatic rings. The van der Waals surface area contributed by atoms with Gasteiger partial charge in [-0.1, -0.05) is 6.07 Å². The SMILES string of the molecule is Cc1cc[n+]([B-](C#N)[n+]2ccccc2)cc1.F[P-](F)(F)(F)(F)F. The van der Waals surface area contributed by atoms with Crippen LogP contribution in [0.2, 0.25) is 0 Å². The standard InChI is InChI=1S/C12H12BN3.F6P/c1-12-5-9-16(10-6-12)13(11-14)15-7-3-2-4-8-15;1-7(2,3,4,5)6/h2-10H,1H3;/q+1;-1. The van der Waals surface area contributed by atoms with Gasteiger partial charge in [0.15, 0.2) is 0 Å². The molecule has 0 fully saturated rings. The average molecular weight is 354 g/mol. The fourth-order valence-electron chi connectivity index (χ4n) is 1.54. The van der Waals surface area contributed by atoms with Crippen molar-refractivity contribution < 1.29 is 34.1 Å². The second-order valence-electron chi connectivity index (χ2n) is 4.61. The summed E-state index contributed by atoms with van der Waals surface area (Å²) in [5, 5.41) is 9.21. The van der Waals surface area contributed by atoms with Crippen LogP contribution in [-0.4, -0.2) is 6.98 Å². The molecule has 0 atom stereocenters. The summed E-state index contributed by atoms with van der Waals surface area (Å²) in [5.74, 6) is 2.28. The number of rotatable bonds is 2. The zero-order valence-electron chi connectivity index (χ0n) is 11.8. The van der Waals surface area contributed by atoms with Crippen molar-refractivity contribution in [2.75, 3.05) is 0 Å². The third kappa shape index (κ3) is 9.48. The van der Waals surface area contributed by atoms with Crippen LogP contribution in [0.4, 0.5) is 25.2 Å². The van der Waals surface area contributed by atoms with Gasteiger partial charge in [-0.3, -0.25) is 0 Å². The number of halogens is 6. The van der Waals surface area contributed by atoms with Crippen molar-refractivity contribution in [3.8, 4) is 5.97 Å². The number of hydrogen-bond donors (Lipinski definition) is 0. The predicted molar refractivity (Wildman–Crippen MR) is 73.7 cm³/mol. The Morgan fingerprint density at radius 2 is 1.26 bits per heavy atom. The van der Waals surface area contributed by atoms with Gasteiger partial charge in [-0.15, -0.1) is 0 Å². The predicted octanol–water partition coefficient (Wildman–Crippen LogP) is 3.90. The molecule has 0 spiro atoms. The van der Waals surface area contributed by atoms with Crippen LogP contribution in [0.1, 0.15) is 5.56 Å². The normalized spacial score (nSPS) is 14.0. The van der Waals surface area contributed by atoms with Crippen molar-refractivity contribution in [3.63, 3.8) is 0 Å². The van der Waals surface area contributed by atoms with Crippen molar-refractivity contribution >= 4 is 14.8 Å². The molecule has 0 aliphatic rings. The molecule has 0 saturated carbocycles. The molecular weight excluding hydrogens is 342 g/mol. The second-order valence-corrected chi connectivity index (χ2v) is 6.52. The second kappa shape index (κ2) is 5.82. The van der Waals surface area contributed by atoms with Gasteiger partial charge in [-0.25, -0.2) is 5.26 Å². The summed E-state index contributed by atoms with van der Waals surface area (Å²) in [6.07, 6.45) is 7.62. The maximum atomic E-state index is 9.87. The van der Waals surface area contributed by atoms with Crippen LogP contribution in [0.25, 0.3) is 0 Å². The Bertz CT molecular complexity index is 686. The van der Waals surface area contributed by atoms with E-state index in [1.165, 1.54) is 5.56 Å². The van der Waals surface area contributed by atoms with Crippen molar-refractivity contribution in [3.05, 3.63) is 60.7 Å². The number of nitriles is 1. The first kappa shape index (κ1) is 18.9. The first-order valence-electron chi connectivity index (χ1n) is 6.15. The molecule has 0 N–H and O–H groups in total. The molecule has 2 aromatic heterocycles. The molecule has 3 nitrogen and oxygen atoms in total. The van der Waals surface area contributed by atoms with Crippen LogP contribution in [-0.2, 0) is 0 Å². The molecule has 23 heavy (non-hydrogen) atoms. The van der Waals surface area contributed by atoms with E-state index in [2.05, 4.69) is 5.97 Å². The molecule has 11 heteroatoms. The zero-order valence-corrected chi connectivity index (χ0v) is 12.7. The van der Waals surface area contributed by atoms with Gasteiger partial charge >= 0.3 is 40.0 Å². The van der Waals surface area contributed by atoms with Crippen molar-refractivity contribution in [2.24, 2.45) is 0 Å². The van der Waals surface area contributed by atoms with Gasteiger partial charge in [-0.05, 0) is 30.6 Å². The van der Waals surface area contributed by atoms with Crippen molar-refractivity contribution in [1.82, 2.24) is 0 Å². The van der Waals surface area contributed by atoms with Crippen molar-refractivity contribution in [2.45, 2.75) is 6.92 Å². The average Bonchev–Trinajstić information content (AvgIpc) is 2.39. The molecule has 1 radical (unpaired) electrons. The third-order valence-electron chi connectivity index (χ3n) is 2.44. The fraction of sp³-hybridized carbons (Fsp3) is 0.0833. The van der Waals surface area contributed by atoms with Crippen LogP contribution in [0.3, 0.4) is 0 Å². The summed E-state index contributed by atoms with van der Waals surface area (Å²) < 4.78 is 62.9. The van der Waals surface area contributed by atoms with Gasteiger partial charge in [-0.2, -0.15) is 0 Å². The summed E-state index contributed by atoms with van der Waals surface area (Å²) >= 11 is 0. The molecular formula is C12H12BF6N3P. The van der Waals surface area contributed by atoms with Crippen LogP contribution in [0.5, 0.6) is 0 Å². The Hall–Kier alpha value is -2.14. The van der Waals surface area contributed by atoms with E-state index in [0.717, 1.165) is 0 Å². The summed E-state index contributed by atoms with van der Waals surface area (Å²) in [6, 6.07) is 9.75. The van der Waals surface area contributed by atoms with Crippen LogP contribution in [0.15, 0.2) is 55.1 Å². The summed E-state index contributed by atoms with van der Waals surface area (Å²) in [6.45, 7) is 1.70. The molecule has 2 rings (SSSR count). The Balaban J connectivity index is 0.000000322. The Morgan fingerprint density at radius 1 is 0.870 bits per heavy atom. The Morgan fingerprint density at radius 3 is 1.65 bits per heavy atom. The van der Waals surface area contributed by atoms with Gasteiger partial charge in [0.25, 0.3) is 0 Å². The van der Waals surface area contributed by atoms with Crippen LogP contribution in [0, 0.1) is 18.2 Å². The zero-order chi connectivity index (χ0) is 17.8. The van der Waals surface area contributed by atoms with E-state index in [0.29, 0.717) is 0 Å². The van der Waals surface area contributed by atoms with Crippen molar-refractivity contribution in [1.29, 1.82) is 5.26 Å². The van der Waals surface area contributed by atoms with Gasteiger partial charge in [0.2, 0.25) is 0 Å². The Kier molecular flexibility index (Phi) is 4.78. The maximum absolute atomic E-state index is 10.7.